The van der Waals surface area contributed by atoms with Gasteiger partial charge in [0.25, 0.3) is 0 Å². The largest absolute Gasteiger partial charge is 0.393 e. The Morgan fingerprint density at radius 1 is 0.938 bits per heavy atom. The molecule has 1 aromatic carbocycles. The van der Waals surface area contributed by atoms with Gasteiger partial charge in [0, 0.05) is 10.8 Å². The van der Waals surface area contributed by atoms with Crippen molar-refractivity contribution in [3.05, 3.63) is 35.4 Å². The monoisotopic (exact) mass is 220 g/mol. The standard InChI is InChI=1S/C14H20O2/c1-12(2)10-7-5-6-8-11(10)13(3,4)14(12,16)9-15/h5-8,15-16H,9H2,1-4H3. The van der Waals surface area contributed by atoms with E-state index in [0.717, 1.165) is 11.1 Å². The van der Waals surface area contributed by atoms with Crippen molar-refractivity contribution in [1.82, 2.24) is 0 Å². The third kappa shape index (κ3) is 1.04. The molecule has 0 amide bonds. The molecule has 0 aromatic heterocycles. The van der Waals surface area contributed by atoms with E-state index in [4.69, 9.17) is 0 Å². The molecule has 0 aliphatic heterocycles. The molecular weight excluding hydrogens is 200 g/mol. The van der Waals surface area contributed by atoms with Crippen molar-refractivity contribution in [2.75, 3.05) is 6.61 Å². The number of hydrogen-bond acceptors (Lipinski definition) is 2. The minimum absolute atomic E-state index is 0.221. The maximum atomic E-state index is 10.8. The van der Waals surface area contributed by atoms with Crippen molar-refractivity contribution < 1.29 is 10.2 Å². The third-order valence-electron chi connectivity index (χ3n) is 4.57. The Hall–Kier alpha value is -0.860. The fraction of sp³-hybridized carbons (Fsp3) is 0.571. The van der Waals surface area contributed by atoms with Crippen LogP contribution in [0.5, 0.6) is 0 Å². The molecule has 1 aliphatic carbocycles. The summed E-state index contributed by atoms with van der Waals surface area (Å²) in [7, 11) is 0. The molecule has 2 nitrogen and oxygen atoms in total. The molecular formula is C14H20O2. The predicted octanol–water partition coefficient (Wildman–Crippen LogP) is 1.98. The normalized spacial score (nSPS) is 24.1. The van der Waals surface area contributed by atoms with Crippen LogP contribution in [0.25, 0.3) is 0 Å². The second-order valence-electron chi connectivity index (χ2n) is 5.81. The lowest BCUT2D eigenvalue weighted by molar-refractivity contribution is -0.102. The molecule has 0 radical (unpaired) electrons. The first kappa shape index (κ1) is 11.6. The molecule has 88 valence electrons. The molecule has 2 rings (SSSR count). The molecule has 0 unspecified atom stereocenters. The fourth-order valence-electron chi connectivity index (χ4n) is 3.20. The minimum Gasteiger partial charge on any atom is -0.393 e. The molecule has 0 saturated carbocycles. The molecule has 0 heterocycles. The molecule has 0 bridgehead atoms. The van der Waals surface area contributed by atoms with Gasteiger partial charge in [0.2, 0.25) is 0 Å². The van der Waals surface area contributed by atoms with Gasteiger partial charge in [-0.25, -0.2) is 0 Å². The zero-order chi connectivity index (χ0) is 12.2. The SMILES string of the molecule is CC1(C)c2ccccc2C(C)(C)C1(O)CO. The molecule has 0 fully saturated rings. The van der Waals surface area contributed by atoms with E-state index in [2.05, 4.69) is 0 Å². The van der Waals surface area contributed by atoms with E-state index >= 15 is 0 Å². The highest BCUT2D eigenvalue weighted by Gasteiger charge is 2.61. The van der Waals surface area contributed by atoms with E-state index in [1.165, 1.54) is 0 Å². The summed E-state index contributed by atoms with van der Waals surface area (Å²) in [5, 5.41) is 20.4. The summed E-state index contributed by atoms with van der Waals surface area (Å²) in [5.74, 6) is 0. The summed E-state index contributed by atoms with van der Waals surface area (Å²) in [6, 6.07) is 8.06. The van der Waals surface area contributed by atoms with Gasteiger partial charge in [0.05, 0.1) is 6.61 Å². The van der Waals surface area contributed by atoms with Gasteiger partial charge in [-0.3, -0.25) is 0 Å². The van der Waals surface area contributed by atoms with E-state index in [-0.39, 0.29) is 6.61 Å². The third-order valence-corrected chi connectivity index (χ3v) is 4.57. The summed E-state index contributed by atoms with van der Waals surface area (Å²) in [5.41, 5.74) is 0.306. The van der Waals surface area contributed by atoms with Crippen molar-refractivity contribution in [2.45, 2.75) is 44.1 Å². The maximum Gasteiger partial charge on any atom is 0.106 e. The summed E-state index contributed by atoms with van der Waals surface area (Å²) in [4.78, 5) is 0. The topological polar surface area (TPSA) is 40.5 Å². The van der Waals surface area contributed by atoms with Gasteiger partial charge in [0.1, 0.15) is 5.60 Å². The molecule has 0 atom stereocenters. The smallest absolute Gasteiger partial charge is 0.106 e. The van der Waals surface area contributed by atoms with Crippen LogP contribution in [0.15, 0.2) is 24.3 Å². The van der Waals surface area contributed by atoms with Crippen LogP contribution in [0.1, 0.15) is 38.8 Å². The van der Waals surface area contributed by atoms with E-state index in [1.807, 2.05) is 52.0 Å². The van der Waals surface area contributed by atoms with Gasteiger partial charge in [-0.05, 0) is 11.1 Å². The van der Waals surface area contributed by atoms with Crippen LogP contribution in [0, 0.1) is 0 Å². The molecule has 1 aromatic rings. The van der Waals surface area contributed by atoms with Crippen molar-refractivity contribution in [3.63, 3.8) is 0 Å². The first-order chi connectivity index (χ1) is 7.29. The van der Waals surface area contributed by atoms with E-state index in [0.29, 0.717) is 0 Å². The van der Waals surface area contributed by atoms with E-state index in [9.17, 15) is 10.2 Å². The Bertz CT molecular complexity index is 383. The maximum absolute atomic E-state index is 10.8. The average Bonchev–Trinajstić information content (AvgIpc) is 2.37. The summed E-state index contributed by atoms with van der Waals surface area (Å²) in [6.07, 6.45) is 0. The van der Waals surface area contributed by atoms with Gasteiger partial charge in [-0.15, -0.1) is 0 Å². The van der Waals surface area contributed by atoms with Crippen LogP contribution < -0.4 is 0 Å². The van der Waals surface area contributed by atoms with Gasteiger partial charge in [0.15, 0.2) is 0 Å². The Balaban J connectivity index is 2.76. The highest BCUT2D eigenvalue weighted by Crippen LogP contribution is 2.55. The predicted molar refractivity (Wildman–Crippen MR) is 64.5 cm³/mol. The highest BCUT2D eigenvalue weighted by atomic mass is 16.3. The van der Waals surface area contributed by atoms with Gasteiger partial charge >= 0.3 is 0 Å². The minimum atomic E-state index is -1.11. The van der Waals surface area contributed by atoms with Crippen molar-refractivity contribution in [3.8, 4) is 0 Å². The highest BCUT2D eigenvalue weighted by molar-refractivity contribution is 5.50. The van der Waals surface area contributed by atoms with E-state index in [1.54, 1.807) is 0 Å². The Kier molecular flexibility index (Phi) is 2.24. The molecule has 0 saturated heterocycles. The number of fused-ring (bicyclic) bond motifs is 1. The molecule has 16 heavy (non-hydrogen) atoms. The van der Waals surface area contributed by atoms with Crippen LogP contribution in [0.2, 0.25) is 0 Å². The number of hydrogen-bond donors (Lipinski definition) is 2. The molecule has 0 spiro atoms. The van der Waals surface area contributed by atoms with Crippen LogP contribution in [-0.2, 0) is 10.8 Å². The van der Waals surface area contributed by atoms with Crippen LogP contribution in [-0.4, -0.2) is 22.4 Å². The summed E-state index contributed by atoms with van der Waals surface area (Å²) in [6.45, 7) is 7.77. The molecule has 2 heteroatoms. The number of aliphatic hydroxyl groups is 2. The Morgan fingerprint density at radius 2 is 1.31 bits per heavy atom. The fourth-order valence-corrected chi connectivity index (χ4v) is 3.20. The lowest BCUT2D eigenvalue weighted by atomic mass is 9.66. The Labute approximate surface area is 96.9 Å². The average molecular weight is 220 g/mol. The van der Waals surface area contributed by atoms with Crippen LogP contribution >= 0.6 is 0 Å². The van der Waals surface area contributed by atoms with Gasteiger partial charge in [-0.1, -0.05) is 52.0 Å². The molecule has 1 aliphatic rings. The first-order valence-corrected chi connectivity index (χ1v) is 5.72. The quantitative estimate of drug-likeness (QED) is 0.759. The lowest BCUT2D eigenvalue weighted by Crippen LogP contribution is -2.57. The molecule has 2 N–H and O–H groups in total. The summed E-state index contributed by atoms with van der Waals surface area (Å²) < 4.78 is 0. The van der Waals surface area contributed by atoms with Crippen molar-refractivity contribution in [1.29, 1.82) is 0 Å². The van der Waals surface area contributed by atoms with Crippen LogP contribution in [0.3, 0.4) is 0 Å². The second kappa shape index (κ2) is 3.08. The lowest BCUT2D eigenvalue weighted by Gasteiger charge is -2.44. The second-order valence-corrected chi connectivity index (χ2v) is 5.81. The number of rotatable bonds is 1. The summed E-state index contributed by atoms with van der Waals surface area (Å²) >= 11 is 0. The Morgan fingerprint density at radius 3 is 1.62 bits per heavy atom. The van der Waals surface area contributed by atoms with Gasteiger partial charge in [-0.2, -0.15) is 0 Å². The van der Waals surface area contributed by atoms with Crippen molar-refractivity contribution in [2.24, 2.45) is 0 Å². The zero-order valence-corrected chi connectivity index (χ0v) is 10.4. The zero-order valence-electron chi connectivity index (χ0n) is 10.4. The van der Waals surface area contributed by atoms with Crippen LogP contribution in [0.4, 0.5) is 0 Å². The number of benzene rings is 1. The van der Waals surface area contributed by atoms with Crippen molar-refractivity contribution >= 4 is 0 Å². The van der Waals surface area contributed by atoms with E-state index < -0.39 is 16.4 Å². The number of aliphatic hydroxyl groups excluding tert-OH is 1. The first-order valence-electron chi connectivity index (χ1n) is 5.72. The van der Waals surface area contributed by atoms with Gasteiger partial charge < -0.3 is 10.2 Å².